The van der Waals surface area contributed by atoms with E-state index in [1.54, 1.807) is 24.4 Å². The maximum absolute atomic E-state index is 14.8. The first-order valence-electron chi connectivity index (χ1n) is 22.3. The number of H-pyrrole nitrogens is 1. The molecule has 3 atom stereocenters. The van der Waals surface area contributed by atoms with E-state index in [9.17, 15) is 30.0 Å². The highest BCUT2D eigenvalue weighted by molar-refractivity contribution is 6.02. The summed E-state index contributed by atoms with van der Waals surface area (Å²) in [6, 6.07) is 19.5. The van der Waals surface area contributed by atoms with Crippen LogP contribution in [0.25, 0.3) is 17.5 Å². The van der Waals surface area contributed by atoms with Gasteiger partial charge in [-0.3, -0.25) is 9.59 Å². The monoisotopic (exact) mass is 833 g/mol. The molecule has 0 amide bonds. The van der Waals surface area contributed by atoms with Crippen molar-refractivity contribution in [2.75, 3.05) is 13.2 Å². The van der Waals surface area contributed by atoms with Crippen molar-refractivity contribution in [1.29, 1.82) is 0 Å². The lowest BCUT2D eigenvalue weighted by molar-refractivity contribution is -0.129. The fourth-order valence-corrected chi connectivity index (χ4v) is 10.2. The van der Waals surface area contributed by atoms with E-state index in [0.29, 0.717) is 67.6 Å². The lowest BCUT2D eigenvalue weighted by Crippen LogP contribution is -2.36. The predicted molar refractivity (Wildman–Crippen MR) is 239 cm³/mol. The number of aliphatic hydroxyl groups is 2. The number of benzene rings is 3. The van der Waals surface area contributed by atoms with E-state index in [4.69, 9.17) is 10.1 Å². The molecule has 10 heteroatoms. The molecule has 1 aliphatic heterocycles. The Morgan fingerprint density at radius 3 is 2.58 bits per heavy atom. The van der Waals surface area contributed by atoms with Gasteiger partial charge < -0.3 is 40.4 Å². The average molecular weight is 834 g/mol. The number of aromatic amines is 1. The van der Waals surface area contributed by atoms with Crippen molar-refractivity contribution in [3.63, 3.8) is 0 Å². The Hall–Kier alpha value is -5.84. The normalized spacial score (nSPS) is 21.9. The van der Waals surface area contributed by atoms with Gasteiger partial charge in [0.25, 0.3) is 0 Å². The molecular weight excluding hydrogens is 779 g/mol. The van der Waals surface area contributed by atoms with Crippen molar-refractivity contribution in [3.05, 3.63) is 146 Å². The predicted octanol–water partition coefficient (Wildman–Crippen LogP) is 8.87. The van der Waals surface area contributed by atoms with Crippen LogP contribution >= 0.6 is 0 Å². The summed E-state index contributed by atoms with van der Waals surface area (Å²) in [5.41, 5.74) is 8.42. The van der Waals surface area contributed by atoms with Crippen molar-refractivity contribution < 1.29 is 34.8 Å². The summed E-state index contributed by atoms with van der Waals surface area (Å²) in [5.74, 6) is -0.259. The second-order valence-corrected chi connectivity index (χ2v) is 17.8. The molecule has 1 saturated carbocycles. The molecule has 3 heterocycles. The molecule has 5 N–H and O–H groups in total. The van der Waals surface area contributed by atoms with Crippen LogP contribution < -0.4 is 9.72 Å². The molecule has 0 saturated heterocycles. The SMILES string of the molecule is O=C1CCc2cc(c(O)c(OC3CCCC3)c2)Cc2ccc(CCCO)c(c2)Cc2cc[nH]c2[N-]CC2=Cc3[n-]ccc3[C@@H](C[C@]3(O)C=Cc4c(O)cccc4CC3)[C@@H]2C(=O)C1. The lowest BCUT2D eigenvalue weighted by Gasteiger charge is -2.39. The number of carbonyl (C=O) groups is 2. The van der Waals surface area contributed by atoms with Gasteiger partial charge in [-0.15, -0.1) is 5.69 Å². The van der Waals surface area contributed by atoms with Crippen LogP contribution in [0.2, 0.25) is 0 Å². The van der Waals surface area contributed by atoms with E-state index in [2.05, 4.69) is 28.2 Å². The Labute approximate surface area is 362 Å². The number of phenols is 2. The molecule has 0 spiro atoms. The number of fused-ring (bicyclic) bond motifs is 8. The first kappa shape index (κ1) is 41.5. The Balaban J connectivity index is 1.09. The van der Waals surface area contributed by atoms with Crippen molar-refractivity contribution in [1.82, 2.24) is 9.97 Å². The molecule has 2 aromatic heterocycles. The molecule has 0 radical (unpaired) electrons. The Morgan fingerprint density at radius 2 is 1.73 bits per heavy atom. The molecule has 4 bridgehead atoms. The van der Waals surface area contributed by atoms with E-state index >= 15 is 0 Å². The van der Waals surface area contributed by atoms with Gasteiger partial charge in [0.1, 0.15) is 17.3 Å². The molecular formula is C52H55N3O7-2. The van der Waals surface area contributed by atoms with Gasteiger partial charge in [-0.1, -0.05) is 89.9 Å². The number of aromatic nitrogens is 2. The zero-order valence-electron chi connectivity index (χ0n) is 35.1. The molecule has 1 fully saturated rings. The van der Waals surface area contributed by atoms with Crippen LogP contribution in [-0.4, -0.2) is 61.8 Å². The third-order valence-electron chi connectivity index (χ3n) is 13.5. The van der Waals surface area contributed by atoms with Gasteiger partial charge in [0.2, 0.25) is 0 Å². The van der Waals surface area contributed by atoms with Gasteiger partial charge in [-0.05, 0) is 129 Å². The topological polar surface area (TPSA) is 168 Å². The molecule has 62 heavy (non-hydrogen) atoms. The highest BCUT2D eigenvalue weighted by atomic mass is 16.5. The molecule has 10 nitrogen and oxygen atoms in total. The number of carbonyl (C=O) groups excluding carboxylic acids is 2. The van der Waals surface area contributed by atoms with Crippen LogP contribution in [0, 0.1) is 5.92 Å². The average Bonchev–Trinajstić information content (AvgIpc) is 4.03. The Bertz CT molecular complexity index is 2520. The van der Waals surface area contributed by atoms with E-state index in [-0.39, 0.29) is 61.6 Å². The summed E-state index contributed by atoms with van der Waals surface area (Å²) in [4.78, 5) is 36.8. The molecule has 0 unspecified atom stereocenters. The number of ketones is 2. The highest BCUT2D eigenvalue weighted by Gasteiger charge is 2.40. The summed E-state index contributed by atoms with van der Waals surface area (Å²) >= 11 is 0. The zero-order valence-corrected chi connectivity index (χ0v) is 35.1. The van der Waals surface area contributed by atoms with E-state index in [1.807, 2.05) is 48.7 Å². The number of hydrogen-bond acceptors (Lipinski definition) is 7. The molecule has 322 valence electrons. The first-order valence-corrected chi connectivity index (χ1v) is 22.3. The van der Waals surface area contributed by atoms with Crippen LogP contribution in [0.5, 0.6) is 17.2 Å². The van der Waals surface area contributed by atoms with Crippen LogP contribution in [0.3, 0.4) is 0 Å². The number of aryl methyl sites for hydroxylation is 3. The van der Waals surface area contributed by atoms with Gasteiger partial charge in [0, 0.05) is 36.5 Å². The highest BCUT2D eigenvalue weighted by Crippen LogP contribution is 2.47. The molecule has 4 aliphatic rings. The fourth-order valence-electron chi connectivity index (χ4n) is 10.2. The van der Waals surface area contributed by atoms with Gasteiger partial charge in [-0.25, -0.2) is 0 Å². The van der Waals surface area contributed by atoms with Gasteiger partial charge in [0.05, 0.1) is 18.1 Å². The number of Topliss-reactive ketones (excluding diaryl/α,β-unsaturated/α-hetero) is 2. The Morgan fingerprint density at radius 1 is 0.871 bits per heavy atom. The molecule has 5 aromatic rings. The third-order valence-corrected chi connectivity index (χ3v) is 13.5. The number of aliphatic hydroxyl groups excluding tert-OH is 1. The van der Waals surface area contributed by atoms with Gasteiger partial charge in [-0.2, -0.15) is 6.20 Å². The fraction of sp³-hybridized carbons (Fsp3) is 0.385. The standard InChI is InChI=1S/C52H55N3O7/c56-22-4-6-34-12-10-32-23-37(34)27-36-16-20-54-51(36)55-31-39-28-45-43(17-21-53-45)44(30-52(61)18-14-35-5-3-9-46(58)42(35)15-19-52)49(39)47(59)29-40(57)13-11-33-25-38(24-32)50(60)48(26-33)62-41-7-1-2-8-41/h3,5,9-10,12,15-17,19-21,23,25-26,28,41,44,49,54,56,58,60-61H,1-2,4,6-8,11,13-14,18,22,24,27,29-31H2/q-2/t44-,49-,52-/m1/s1. The summed E-state index contributed by atoms with van der Waals surface area (Å²) in [7, 11) is 0. The number of rotatable bonds is 7. The smallest absolute Gasteiger partial charge is 0.161 e. The van der Waals surface area contributed by atoms with Gasteiger partial charge >= 0.3 is 0 Å². The van der Waals surface area contributed by atoms with Crippen molar-refractivity contribution in [2.45, 2.75) is 108 Å². The molecule has 9 rings (SSSR count). The largest absolute Gasteiger partial charge is 0.664 e. The summed E-state index contributed by atoms with van der Waals surface area (Å²) < 4.78 is 6.43. The van der Waals surface area contributed by atoms with Crippen molar-refractivity contribution in [3.8, 4) is 17.2 Å². The van der Waals surface area contributed by atoms with Crippen LogP contribution in [-0.2, 0) is 41.7 Å². The van der Waals surface area contributed by atoms with Crippen molar-refractivity contribution in [2.24, 2.45) is 5.92 Å². The minimum absolute atomic E-state index is 0.0222. The zero-order chi connectivity index (χ0) is 42.8. The van der Waals surface area contributed by atoms with E-state index < -0.39 is 17.4 Å². The molecule has 3 aliphatic carbocycles. The minimum Gasteiger partial charge on any atom is -0.664 e. The van der Waals surface area contributed by atoms with Crippen molar-refractivity contribution >= 4 is 29.5 Å². The van der Waals surface area contributed by atoms with E-state index in [0.717, 1.165) is 75.9 Å². The lowest BCUT2D eigenvalue weighted by atomic mass is 9.68. The molecule has 3 aromatic carbocycles. The Kier molecular flexibility index (Phi) is 12.0. The van der Waals surface area contributed by atoms with Gasteiger partial charge in [0.15, 0.2) is 11.5 Å². The minimum atomic E-state index is -1.32. The summed E-state index contributed by atoms with van der Waals surface area (Å²) in [6.45, 7) is 0.264. The number of phenolic OH excluding ortho intramolecular Hbond substituents is 2. The first-order chi connectivity index (χ1) is 30.1. The van der Waals surface area contributed by atoms with Crippen LogP contribution in [0.15, 0.2) is 84.7 Å². The van der Waals surface area contributed by atoms with Crippen LogP contribution in [0.1, 0.15) is 119 Å². The van der Waals surface area contributed by atoms with Crippen LogP contribution in [0.4, 0.5) is 5.82 Å². The number of hydrogen-bond donors (Lipinski definition) is 5. The number of aromatic hydroxyl groups is 2. The number of ether oxygens (including phenoxy) is 1. The number of nitrogens with one attached hydrogen (secondary N) is 1. The summed E-state index contributed by atoms with van der Waals surface area (Å²) in [6.07, 6.45) is 16.8. The second kappa shape index (κ2) is 17.9. The van der Waals surface area contributed by atoms with E-state index in [1.165, 1.54) is 0 Å². The number of nitrogens with zero attached hydrogens (tertiary/aromatic N) is 2. The second-order valence-electron chi connectivity index (χ2n) is 17.8. The summed E-state index contributed by atoms with van der Waals surface area (Å²) in [5, 5.41) is 49.5. The third kappa shape index (κ3) is 8.90. The maximum atomic E-state index is 14.8. The quantitative estimate of drug-likeness (QED) is 0.101. The maximum Gasteiger partial charge on any atom is 0.161 e.